The maximum atomic E-state index is 12.0. The van der Waals surface area contributed by atoms with E-state index < -0.39 is 0 Å². The zero-order valence-corrected chi connectivity index (χ0v) is 12.5. The average molecular weight is 351 g/mol. The van der Waals surface area contributed by atoms with Crippen LogP contribution in [0.4, 0.5) is 0 Å². The first-order valence-corrected chi connectivity index (χ1v) is 7.02. The van der Waals surface area contributed by atoms with E-state index in [1.165, 1.54) is 4.68 Å². The lowest BCUT2D eigenvalue weighted by Gasteiger charge is -1.99. The number of aromatic amines is 1. The molecule has 0 aliphatic carbocycles. The molecule has 0 saturated carbocycles. The highest BCUT2D eigenvalue weighted by Gasteiger charge is 2.08. The standard InChI is InChI=1S/C14H9BrClN3O/c15-10-3-7-12(8-4-10)19-14(20)17-13(18-19)9-1-5-11(16)6-2-9/h1-8H,(H,17,18,20). The summed E-state index contributed by atoms with van der Waals surface area (Å²) >= 11 is 9.20. The van der Waals surface area contributed by atoms with Gasteiger partial charge >= 0.3 is 5.69 Å². The number of aromatic nitrogens is 3. The molecule has 0 saturated heterocycles. The zero-order chi connectivity index (χ0) is 14.1. The van der Waals surface area contributed by atoms with Crippen LogP contribution in [0.3, 0.4) is 0 Å². The molecule has 2 aromatic carbocycles. The average Bonchev–Trinajstić information content (AvgIpc) is 2.82. The molecule has 0 unspecified atom stereocenters. The first-order chi connectivity index (χ1) is 9.63. The molecular weight excluding hydrogens is 342 g/mol. The minimum Gasteiger partial charge on any atom is -0.288 e. The summed E-state index contributed by atoms with van der Waals surface area (Å²) in [6, 6.07) is 14.5. The van der Waals surface area contributed by atoms with Crippen LogP contribution in [0.5, 0.6) is 0 Å². The molecule has 4 nitrogen and oxygen atoms in total. The normalized spacial score (nSPS) is 10.7. The molecule has 3 rings (SSSR count). The van der Waals surface area contributed by atoms with Gasteiger partial charge < -0.3 is 0 Å². The van der Waals surface area contributed by atoms with Crippen molar-refractivity contribution in [2.45, 2.75) is 0 Å². The number of rotatable bonds is 2. The van der Waals surface area contributed by atoms with Crippen LogP contribution in [0.2, 0.25) is 5.02 Å². The maximum absolute atomic E-state index is 12.0. The summed E-state index contributed by atoms with van der Waals surface area (Å²) in [4.78, 5) is 14.7. The van der Waals surface area contributed by atoms with Crippen LogP contribution < -0.4 is 5.69 Å². The third-order valence-corrected chi connectivity index (χ3v) is 3.59. The number of benzene rings is 2. The first kappa shape index (κ1) is 13.1. The summed E-state index contributed by atoms with van der Waals surface area (Å²) < 4.78 is 2.28. The highest BCUT2D eigenvalue weighted by Crippen LogP contribution is 2.18. The minimum absolute atomic E-state index is 0.280. The van der Waals surface area contributed by atoms with Gasteiger partial charge in [0.05, 0.1) is 5.69 Å². The van der Waals surface area contributed by atoms with Crippen molar-refractivity contribution in [3.8, 4) is 17.1 Å². The largest absolute Gasteiger partial charge is 0.348 e. The number of nitrogens with one attached hydrogen (secondary N) is 1. The van der Waals surface area contributed by atoms with Crippen LogP contribution in [-0.2, 0) is 0 Å². The molecule has 0 radical (unpaired) electrons. The molecule has 6 heteroatoms. The lowest BCUT2D eigenvalue weighted by Crippen LogP contribution is -2.15. The SMILES string of the molecule is O=c1[nH]c(-c2ccc(Cl)cc2)nn1-c1ccc(Br)cc1. The van der Waals surface area contributed by atoms with Crippen LogP contribution >= 0.6 is 27.5 Å². The fourth-order valence-electron chi connectivity index (χ4n) is 1.82. The van der Waals surface area contributed by atoms with Crippen molar-refractivity contribution in [2.75, 3.05) is 0 Å². The monoisotopic (exact) mass is 349 g/mol. The van der Waals surface area contributed by atoms with Crippen molar-refractivity contribution in [3.63, 3.8) is 0 Å². The van der Waals surface area contributed by atoms with E-state index in [2.05, 4.69) is 26.0 Å². The Morgan fingerprint density at radius 2 is 1.70 bits per heavy atom. The highest BCUT2D eigenvalue weighted by atomic mass is 79.9. The second-order valence-electron chi connectivity index (χ2n) is 4.17. The quantitative estimate of drug-likeness (QED) is 0.767. The van der Waals surface area contributed by atoms with Crippen LogP contribution in [0, 0.1) is 0 Å². The first-order valence-electron chi connectivity index (χ1n) is 5.85. The van der Waals surface area contributed by atoms with E-state index in [4.69, 9.17) is 11.6 Å². The van der Waals surface area contributed by atoms with Crippen molar-refractivity contribution in [2.24, 2.45) is 0 Å². The van der Waals surface area contributed by atoms with Gasteiger partial charge in [0.15, 0.2) is 5.82 Å². The Morgan fingerprint density at radius 3 is 2.35 bits per heavy atom. The Labute approximate surface area is 128 Å². The van der Waals surface area contributed by atoms with E-state index in [1.54, 1.807) is 12.1 Å². The molecule has 0 atom stereocenters. The van der Waals surface area contributed by atoms with Crippen molar-refractivity contribution >= 4 is 27.5 Å². The number of nitrogens with zero attached hydrogens (tertiary/aromatic N) is 2. The lowest BCUT2D eigenvalue weighted by molar-refractivity contribution is 0.844. The topological polar surface area (TPSA) is 50.7 Å². The molecule has 0 spiro atoms. The van der Waals surface area contributed by atoms with Crippen molar-refractivity contribution in [1.82, 2.24) is 14.8 Å². The molecular formula is C14H9BrClN3O. The fourth-order valence-corrected chi connectivity index (χ4v) is 2.21. The molecule has 1 heterocycles. The summed E-state index contributed by atoms with van der Waals surface area (Å²) in [5, 5.41) is 4.94. The second-order valence-corrected chi connectivity index (χ2v) is 5.53. The van der Waals surface area contributed by atoms with E-state index in [1.807, 2.05) is 36.4 Å². The van der Waals surface area contributed by atoms with Crippen LogP contribution in [0.15, 0.2) is 57.8 Å². The van der Waals surface area contributed by atoms with Gasteiger partial charge in [-0.05, 0) is 48.5 Å². The molecule has 3 aromatic rings. The Hall–Kier alpha value is -1.85. The Bertz CT molecular complexity index is 791. The maximum Gasteiger partial charge on any atom is 0.348 e. The van der Waals surface area contributed by atoms with Crippen LogP contribution in [-0.4, -0.2) is 14.8 Å². The number of hydrogen-bond acceptors (Lipinski definition) is 2. The van der Waals surface area contributed by atoms with Gasteiger partial charge in [-0.1, -0.05) is 27.5 Å². The second kappa shape index (κ2) is 5.26. The van der Waals surface area contributed by atoms with Crippen LogP contribution in [0.25, 0.3) is 17.1 Å². The van der Waals surface area contributed by atoms with Crippen molar-refractivity contribution in [3.05, 3.63) is 68.5 Å². The minimum atomic E-state index is -0.280. The summed E-state index contributed by atoms with van der Waals surface area (Å²) in [5.41, 5.74) is 1.23. The molecule has 20 heavy (non-hydrogen) atoms. The van der Waals surface area contributed by atoms with E-state index in [0.717, 1.165) is 10.0 Å². The lowest BCUT2D eigenvalue weighted by atomic mass is 10.2. The molecule has 0 fully saturated rings. The van der Waals surface area contributed by atoms with E-state index in [9.17, 15) is 4.79 Å². The van der Waals surface area contributed by atoms with Gasteiger partial charge in [0, 0.05) is 15.1 Å². The molecule has 1 N–H and O–H groups in total. The Morgan fingerprint density at radius 1 is 1.05 bits per heavy atom. The van der Waals surface area contributed by atoms with E-state index >= 15 is 0 Å². The van der Waals surface area contributed by atoms with Gasteiger partial charge in [-0.15, -0.1) is 5.10 Å². The molecule has 0 amide bonds. The number of H-pyrrole nitrogens is 1. The Kier molecular flexibility index (Phi) is 3.46. The summed E-state index contributed by atoms with van der Waals surface area (Å²) in [6.45, 7) is 0. The van der Waals surface area contributed by atoms with Gasteiger partial charge in [-0.2, -0.15) is 4.68 Å². The fraction of sp³-hybridized carbons (Fsp3) is 0. The van der Waals surface area contributed by atoms with E-state index in [0.29, 0.717) is 16.5 Å². The highest BCUT2D eigenvalue weighted by molar-refractivity contribution is 9.10. The molecule has 100 valence electrons. The van der Waals surface area contributed by atoms with Gasteiger partial charge in [-0.3, -0.25) is 4.98 Å². The van der Waals surface area contributed by atoms with Crippen molar-refractivity contribution in [1.29, 1.82) is 0 Å². The smallest absolute Gasteiger partial charge is 0.288 e. The zero-order valence-electron chi connectivity index (χ0n) is 10.2. The summed E-state index contributed by atoms with van der Waals surface area (Å²) in [7, 11) is 0. The predicted molar refractivity (Wildman–Crippen MR) is 82.3 cm³/mol. The van der Waals surface area contributed by atoms with Gasteiger partial charge in [0.2, 0.25) is 0 Å². The van der Waals surface area contributed by atoms with E-state index in [-0.39, 0.29) is 5.69 Å². The van der Waals surface area contributed by atoms with Gasteiger partial charge in [0.25, 0.3) is 0 Å². The number of hydrogen-bond donors (Lipinski definition) is 1. The molecule has 0 aliphatic heterocycles. The third kappa shape index (κ3) is 2.55. The summed E-state index contributed by atoms with van der Waals surface area (Å²) in [6.07, 6.45) is 0. The molecule has 0 aliphatic rings. The molecule has 0 bridgehead atoms. The van der Waals surface area contributed by atoms with Gasteiger partial charge in [0.1, 0.15) is 0 Å². The predicted octanol–water partition coefficient (Wildman–Crippen LogP) is 3.64. The van der Waals surface area contributed by atoms with Gasteiger partial charge in [-0.25, -0.2) is 4.79 Å². The van der Waals surface area contributed by atoms with Crippen molar-refractivity contribution < 1.29 is 0 Å². The third-order valence-electron chi connectivity index (χ3n) is 2.81. The summed E-state index contributed by atoms with van der Waals surface area (Å²) in [5.74, 6) is 0.509. The molecule has 1 aromatic heterocycles. The Balaban J connectivity index is 2.05. The number of halogens is 2. The van der Waals surface area contributed by atoms with Crippen LogP contribution in [0.1, 0.15) is 0 Å².